The van der Waals surface area contributed by atoms with Gasteiger partial charge in [-0.3, -0.25) is 9.78 Å². The van der Waals surface area contributed by atoms with E-state index in [0.717, 1.165) is 0 Å². The predicted octanol–water partition coefficient (Wildman–Crippen LogP) is 1.26. The van der Waals surface area contributed by atoms with Gasteiger partial charge in [0.1, 0.15) is 0 Å². The summed E-state index contributed by atoms with van der Waals surface area (Å²) in [5.74, 6) is 0.625. The maximum Gasteiger partial charge on any atom is 0.257 e. The van der Waals surface area contributed by atoms with E-state index in [0.29, 0.717) is 43.4 Å². The molecule has 2 aromatic heterocycles. The number of carbonyl (C=O) groups is 1. The summed E-state index contributed by atoms with van der Waals surface area (Å²) in [6.07, 6.45) is 6.54. The fourth-order valence-corrected chi connectivity index (χ4v) is 2.32. The van der Waals surface area contributed by atoms with Gasteiger partial charge in [-0.15, -0.1) is 24.8 Å². The van der Waals surface area contributed by atoms with Crippen LogP contribution in [0.3, 0.4) is 0 Å². The third-order valence-electron chi connectivity index (χ3n) is 3.49. The quantitative estimate of drug-likeness (QED) is 0.871. The molecule has 0 saturated carbocycles. The van der Waals surface area contributed by atoms with Crippen molar-refractivity contribution >= 4 is 42.4 Å². The maximum absolute atomic E-state index is 12.4. The van der Waals surface area contributed by atoms with Crippen LogP contribution < -0.4 is 10.6 Å². The lowest BCUT2D eigenvalue weighted by Gasteiger charge is -2.34. The molecule has 9 heteroatoms. The van der Waals surface area contributed by atoms with Crippen molar-refractivity contribution in [2.24, 2.45) is 0 Å². The van der Waals surface area contributed by atoms with Gasteiger partial charge in [-0.25, -0.2) is 9.97 Å². The largest absolute Gasteiger partial charge is 0.398 e. The molecular formula is C14H18Cl2N6O. The smallest absolute Gasteiger partial charge is 0.257 e. The molecule has 0 aliphatic carbocycles. The highest BCUT2D eigenvalue weighted by molar-refractivity contribution is 5.98. The Morgan fingerprint density at radius 3 is 2.30 bits per heavy atom. The molecule has 1 saturated heterocycles. The predicted molar refractivity (Wildman–Crippen MR) is 93.3 cm³/mol. The molecular weight excluding hydrogens is 339 g/mol. The molecule has 0 unspecified atom stereocenters. The molecule has 0 radical (unpaired) electrons. The molecule has 0 aromatic carbocycles. The standard InChI is InChI=1S/C14H16N6O.2ClH/c15-12-2-5-16-10-11(12)13(21)19-6-8-20(9-7-19)14-17-3-1-4-18-14;;/h1-5,10H,6-9H2,(H2,15,16);2*1H. The van der Waals surface area contributed by atoms with Gasteiger partial charge >= 0.3 is 0 Å². The number of hydrogen-bond acceptors (Lipinski definition) is 6. The summed E-state index contributed by atoms with van der Waals surface area (Å²) in [5, 5.41) is 0. The fourth-order valence-electron chi connectivity index (χ4n) is 2.32. The van der Waals surface area contributed by atoms with E-state index in [1.165, 1.54) is 6.20 Å². The van der Waals surface area contributed by atoms with Crippen LogP contribution >= 0.6 is 24.8 Å². The summed E-state index contributed by atoms with van der Waals surface area (Å²) < 4.78 is 0. The van der Waals surface area contributed by atoms with Gasteiger partial charge < -0.3 is 15.5 Å². The Bertz CT molecular complexity index is 634. The zero-order valence-electron chi connectivity index (χ0n) is 12.3. The molecule has 0 bridgehead atoms. The van der Waals surface area contributed by atoms with Crippen LogP contribution in [0.4, 0.5) is 11.6 Å². The molecule has 0 spiro atoms. The summed E-state index contributed by atoms with van der Waals surface area (Å²) in [7, 11) is 0. The van der Waals surface area contributed by atoms with Crippen LogP contribution in [0.2, 0.25) is 0 Å². The minimum atomic E-state index is -0.0748. The first-order chi connectivity index (χ1) is 10.3. The second-order valence-corrected chi connectivity index (χ2v) is 4.79. The molecule has 1 aliphatic rings. The highest BCUT2D eigenvalue weighted by atomic mass is 35.5. The normalized spacial score (nSPS) is 13.7. The number of aromatic nitrogens is 3. The lowest BCUT2D eigenvalue weighted by Crippen LogP contribution is -2.49. The number of rotatable bonds is 2. The Morgan fingerprint density at radius 2 is 1.70 bits per heavy atom. The highest BCUT2D eigenvalue weighted by Crippen LogP contribution is 2.15. The van der Waals surface area contributed by atoms with E-state index in [1.807, 2.05) is 0 Å². The Hall–Kier alpha value is -2.12. The minimum Gasteiger partial charge on any atom is -0.398 e. The number of halogens is 2. The molecule has 1 aliphatic heterocycles. The summed E-state index contributed by atoms with van der Waals surface area (Å²) in [4.78, 5) is 28.7. The third-order valence-corrected chi connectivity index (χ3v) is 3.49. The van der Waals surface area contributed by atoms with Crippen LogP contribution in [0.5, 0.6) is 0 Å². The minimum absolute atomic E-state index is 0. The molecule has 2 N–H and O–H groups in total. The van der Waals surface area contributed by atoms with Crippen molar-refractivity contribution in [3.8, 4) is 0 Å². The molecule has 7 nitrogen and oxygen atoms in total. The van der Waals surface area contributed by atoms with Gasteiger partial charge in [0.15, 0.2) is 0 Å². The fraction of sp³-hybridized carbons (Fsp3) is 0.286. The van der Waals surface area contributed by atoms with Crippen molar-refractivity contribution in [3.05, 3.63) is 42.5 Å². The van der Waals surface area contributed by atoms with Gasteiger partial charge in [-0.2, -0.15) is 0 Å². The van der Waals surface area contributed by atoms with Crippen molar-refractivity contribution in [2.75, 3.05) is 36.8 Å². The van der Waals surface area contributed by atoms with E-state index in [1.54, 1.807) is 35.6 Å². The highest BCUT2D eigenvalue weighted by Gasteiger charge is 2.24. The summed E-state index contributed by atoms with van der Waals surface area (Å²) in [6, 6.07) is 3.43. The van der Waals surface area contributed by atoms with Crippen molar-refractivity contribution in [2.45, 2.75) is 0 Å². The summed E-state index contributed by atoms with van der Waals surface area (Å²) >= 11 is 0. The molecule has 2 aromatic rings. The molecule has 23 heavy (non-hydrogen) atoms. The first-order valence-electron chi connectivity index (χ1n) is 6.76. The Morgan fingerprint density at radius 1 is 1.04 bits per heavy atom. The lowest BCUT2D eigenvalue weighted by molar-refractivity contribution is 0.0747. The molecule has 3 rings (SSSR count). The van der Waals surface area contributed by atoms with Crippen LogP contribution in [0.25, 0.3) is 0 Å². The van der Waals surface area contributed by atoms with Gasteiger partial charge in [0, 0.05) is 56.7 Å². The molecule has 0 atom stereocenters. The number of piperazine rings is 1. The molecule has 124 valence electrons. The van der Waals surface area contributed by atoms with E-state index in [9.17, 15) is 4.79 Å². The third kappa shape index (κ3) is 4.20. The van der Waals surface area contributed by atoms with E-state index < -0.39 is 0 Å². The Labute approximate surface area is 146 Å². The average Bonchev–Trinajstić information content (AvgIpc) is 2.56. The van der Waals surface area contributed by atoms with E-state index in [4.69, 9.17) is 5.73 Å². The van der Waals surface area contributed by atoms with E-state index in [2.05, 4.69) is 19.9 Å². The number of amides is 1. The first-order valence-corrected chi connectivity index (χ1v) is 6.76. The lowest BCUT2D eigenvalue weighted by atomic mass is 10.2. The van der Waals surface area contributed by atoms with Crippen LogP contribution in [0.15, 0.2) is 36.9 Å². The summed E-state index contributed by atoms with van der Waals surface area (Å²) in [6.45, 7) is 2.64. The van der Waals surface area contributed by atoms with Gasteiger partial charge in [0.05, 0.1) is 5.56 Å². The van der Waals surface area contributed by atoms with Gasteiger partial charge in [0.2, 0.25) is 5.95 Å². The number of pyridine rings is 1. The van der Waals surface area contributed by atoms with Crippen LogP contribution in [0.1, 0.15) is 10.4 Å². The molecule has 3 heterocycles. The van der Waals surface area contributed by atoms with Crippen LogP contribution in [-0.2, 0) is 0 Å². The average molecular weight is 357 g/mol. The monoisotopic (exact) mass is 356 g/mol. The topological polar surface area (TPSA) is 88.2 Å². The maximum atomic E-state index is 12.4. The van der Waals surface area contributed by atoms with Crippen LogP contribution in [-0.4, -0.2) is 51.9 Å². The number of hydrogen-bond donors (Lipinski definition) is 1. The molecule has 1 amide bonds. The molecule has 1 fully saturated rings. The van der Waals surface area contributed by atoms with Crippen molar-refractivity contribution < 1.29 is 4.79 Å². The van der Waals surface area contributed by atoms with Crippen molar-refractivity contribution in [3.63, 3.8) is 0 Å². The summed E-state index contributed by atoms with van der Waals surface area (Å²) in [5.41, 5.74) is 6.75. The number of anilines is 2. The number of nitrogens with two attached hydrogens (primary N) is 1. The van der Waals surface area contributed by atoms with E-state index >= 15 is 0 Å². The number of nitrogen functional groups attached to an aromatic ring is 1. The number of nitrogens with zero attached hydrogens (tertiary/aromatic N) is 5. The Kier molecular flexibility index (Phi) is 6.99. The van der Waals surface area contributed by atoms with Gasteiger partial charge in [-0.1, -0.05) is 0 Å². The zero-order valence-corrected chi connectivity index (χ0v) is 14.0. The SMILES string of the molecule is Cl.Cl.Nc1ccncc1C(=O)N1CCN(c2ncccn2)CC1. The second kappa shape index (κ2) is 8.50. The van der Waals surface area contributed by atoms with Crippen LogP contribution in [0, 0.1) is 0 Å². The second-order valence-electron chi connectivity index (χ2n) is 4.79. The van der Waals surface area contributed by atoms with Crippen molar-refractivity contribution in [1.82, 2.24) is 19.9 Å². The van der Waals surface area contributed by atoms with Gasteiger partial charge in [0.25, 0.3) is 5.91 Å². The first kappa shape index (κ1) is 18.9. The number of carbonyl (C=O) groups excluding carboxylic acids is 1. The zero-order chi connectivity index (χ0) is 14.7. The van der Waals surface area contributed by atoms with Crippen molar-refractivity contribution in [1.29, 1.82) is 0 Å². The Balaban J connectivity index is 0.00000132. The van der Waals surface area contributed by atoms with E-state index in [-0.39, 0.29) is 30.7 Å². The van der Waals surface area contributed by atoms with Gasteiger partial charge in [-0.05, 0) is 12.1 Å².